The molecular weight excluding hydrogens is 1150 g/mol. The van der Waals surface area contributed by atoms with Gasteiger partial charge in [-0.05, 0) is 69.1 Å². The first-order valence-corrected chi connectivity index (χ1v) is 37.8. The maximum atomic E-state index is 13.0. The molecule has 0 aliphatic rings. The minimum atomic E-state index is -4.96. The molecule has 87 heavy (non-hydrogen) atoms. The Bertz CT molecular complexity index is 1810. The quantitative estimate of drug-likeness (QED) is 0.0169. The van der Waals surface area contributed by atoms with E-state index >= 15 is 0 Å². The topological polar surface area (TPSA) is 237 Å². The van der Waals surface area contributed by atoms with Gasteiger partial charge in [-0.3, -0.25) is 37.3 Å². The van der Waals surface area contributed by atoms with Crippen LogP contribution in [0, 0.1) is 17.8 Å². The van der Waals surface area contributed by atoms with Crippen molar-refractivity contribution >= 4 is 39.5 Å². The van der Waals surface area contributed by atoms with Crippen LogP contribution in [0.1, 0.15) is 312 Å². The molecule has 0 bridgehead atoms. The lowest BCUT2D eigenvalue weighted by Gasteiger charge is -2.21. The Hall–Kier alpha value is -2.46. The van der Waals surface area contributed by atoms with Crippen LogP contribution in [0.5, 0.6) is 0 Å². The Balaban J connectivity index is 5.28. The fourth-order valence-electron chi connectivity index (χ4n) is 9.55. The van der Waals surface area contributed by atoms with Gasteiger partial charge in [-0.2, -0.15) is 0 Å². The van der Waals surface area contributed by atoms with Crippen LogP contribution in [0.4, 0.5) is 0 Å². The molecule has 0 radical (unpaired) electrons. The van der Waals surface area contributed by atoms with E-state index in [2.05, 4.69) is 72.8 Å². The van der Waals surface area contributed by atoms with Gasteiger partial charge in [0, 0.05) is 25.7 Å². The van der Waals surface area contributed by atoms with Crippen molar-refractivity contribution in [1.29, 1.82) is 0 Å². The van der Waals surface area contributed by atoms with Gasteiger partial charge >= 0.3 is 39.5 Å². The number of unbranched alkanes of at least 4 members (excludes halogenated alkanes) is 26. The summed E-state index contributed by atoms with van der Waals surface area (Å²) in [5.41, 5.74) is 0. The number of esters is 4. The van der Waals surface area contributed by atoms with Crippen molar-refractivity contribution in [3.63, 3.8) is 0 Å². The summed E-state index contributed by atoms with van der Waals surface area (Å²) < 4.78 is 68.1. The van der Waals surface area contributed by atoms with Gasteiger partial charge in [-0.25, -0.2) is 9.13 Å². The molecule has 0 aromatic rings. The van der Waals surface area contributed by atoms with Gasteiger partial charge in [0.2, 0.25) is 0 Å². The first-order valence-electron chi connectivity index (χ1n) is 34.8. The van der Waals surface area contributed by atoms with Crippen molar-refractivity contribution in [3.05, 3.63) is 24.3 Å². The minimum Gasteiger partial charge on any atom is -0.462 e. The molecule has 0 spiro atoms. The number of aliphatic hydroxyl groups excluding tert-OH is 1. The first-order chi connectivity index (χ1) is 41.8. The number of phosphoric acid groups is 2. The van der Waals surface area contributed by atoms with Crippen molar-refractivity contribution in [2.45, 2.75) is 330 Å². The number of hydrogen-bond donors (Lipinski definition) is 3. The summed E-state index contributed by atoms with van der Waals surface area (Å²) in [5.74, 6) is 0.0481. The van der Waals surface area contributed by atoms with E-state index < -0.39 is 97.5 Å². The zero-order valence-electron chi connectivity index (χ0n) is 56.0. The van der Waals surface area contributed by atoms with Gasteiger partial charge in [-0.1, -0.05) is 259 Å². The third-order valence-corrected chi connectivity index (χ3v) is 18.0. The van der Waals surface area contributed by atoms with E-state index in [1.54, 1.807) is 0 Å². The number of phosphoric ester groups is 2. The van der Waals surface area contributed by atoms with Crippen LogP contribution >= 0.6 is 15.6 Å². The summed E-state index contributed by atoms with van der Waals surface area (Å²) in [6.07, 6.45) is 43.9. The Morgan fingerprint density at radius 2 is 0.644 bits per heavy atom. The number of allylic oxidation sites excluding steroid dienone is 4. The van der Waals surface area contributed by atoms with E-state index in [0.29, 0.717) is 31.6 Å². The fraction of sp³-hybridized carbons (Fsp3) is 0.882. The van der Waals surface area contributed by atoms with Gasteiger partial charge in [0.1, 0.15) is 19.3 Å². The molecule has 0 saturated heterocycles. The largest absolute Gasteiger partial charge is 0.472 e. The zero-order chi connectivity index (χ0) is 64.5. The highest BCUT2D eigenvalue weighted by atomic mass is 31.2. The smallest absolute Gasteiger partial charge is 0.462 e. The molecule has 0 rings (SSSR count). The second kappa shape index (κ2) is 58.6. The van der Waals surface area contributed by atoms with Gasteiger partial charge < -0.3 is 33.8 Å². The molecule has 0 fully saturated rings. The molecule has 0 saturated carbocycles. The average molecular weight is 1280 g/mol. The van der Waals surface area contributed by atoms with Crippen molar-refractivity contribution < 1.29 is 80.2 Å². The normalized spacial score (nSPS) is 15.4. The highest BCUT2D eigenvalue weighted by molar-refractivity contribution is 7.47. The summed E-state index contributed by atoms with van der Waals surface area (Å²) in [7, 11) is -9.91. The summed E-state index contributed by atoms with van der Waals surface area (Å²) in [6.45, 7) is 11.7. The Kier molecular flexibility index (Phi) is 57.0. The van der Waals surface area contributed by atoms with Crippen LogP contribution in [0.15, 0.2) is 24.3 Å². The predicted octanol–water partition coefficient (Wildman–Crippen LogP) is 18.6. The second-order valence-electron chi connectivity index (χ2n) is 24.6. The molecular formula is C68H128O17P2. The lowest BCUT2D eigenvalue weighted by atomic mass is 9.99. The Morgan fingerprint density at radius 3 is 0.966 bits per heavy atom. The van der Waals surface area contributed by atoms with Crippen LogP contribution < -0.4 is 0 Å². The predicted molar refractivity (Wildman–Crippen MR) is 349 cm³/mol. The van der Waals surface area contributed by atoms with Gasteiger partial charge in [0.05, 0.1) is 26.4 Å². The molecule has 0 amide bonds. The van der Waals surface area contributed by atoms with Crippen LogP contribution in [0.3, 0.4) is 0 Å². The van der Waals surface area contributed by atoms with E-state index in [1.807, 2.05) is 0 Å². The molecule has 0 heterocycles. The van der Waals surface area contributed by atoms with Crippen molar-refractivity contribution in [2.24, 2.45) is 17.8 Å². The molecule has 0 aromatic carbocycles. The molecule has 5 unspecified atom stereocenters. The molecule has 17 nitrogen and oxygen atoms in total. The number of ether oxygens (including phenoxy) is 4. The lowest BCUT2D eigenvalue weighted by molar-refractivity contribution is -0.161. The summed E-state index contributed by atoms with van der Waals surface area (Å²) in [4.78, 5) is 72.4. The van der Waals surface area contributed by atoms with Crippen LogP contribution in [0.25, 0.3) is 0 Å². The molecule has 0 aromatic heterocycles. The SMILES string of the molecule is CCCCCC/C=C\C=C/CCCCCCCC(=O)OC[C@H](COP(=O)(O)OC[C@@H](O)COP(=O)(O)OC[C@@H](COC(=O)CCCCCCCCC(C)CC)OC(=O)CCCCCCCCCCC(C)CC)OC(=O)CCCCCCCCC(C)CC. The van der Waals surface area contributed by atoms with Gasteiger partial charge in [0.15, 0.2) is 12.2 Å². The third kappa shape index (κ3) is 58.4. The van der Waals surface area contributed by atoms with E-state index in [9.17, 15) is 43.2 Å². The summed E-state index contributed by atoms with van der Waals surface area (Å²) in [5, 5.41) is 10.6. The van der Waals surface area contributed by atoms with Crippen LogP contribution in [-0.4, -0.2) is 96.7 Å². The van der Waals surface area contributed by atoms with Crippen molar-refractivity contribution in [1.82, 2.24) is 0 Å². The Labute approximate surface area is 529 Å². The van der Waals surface area contributed by atoms with Crippen molar-refractivity contribution in [2.75, 3.05) is 39.6 Å². The number of rotatable bonds is 64. The number of aliphatic hydroxyl groups is 1. The molecule has 0 aliphatic heterocycles. The summed E-state index contributed by atoms with van der Waals surface area (Å²) in [6, 6.07) is 0. The van der Waals surface area contributed by atoms with Gasteiger partial charge in [-0.15, -0.1) is 0 Å². The number of carbonyl (C=O) groups excluding carboxylic acids is 4. The second-order valence-corrected chi connectivity index (χ2v) is 27.5. The highest BCUT2D eigenvalue weighted by Gasteiger charge is 2.30. The molecule has 0 aliphatic carbocycles. The van der Waals surface area contributed by atoms with Crippen LogP contribution in [-0.2, 0) is 65.4 Å². The highest BCUT2D eigenvalue weighted by Crippen LogP contribution is 2.45. The molecule has 8 atom stereocenters. The molecule has 19 heteroatoms. The average Bonchev–Trinajstić information content (AvgIpc) is 3.70. The zero-order valence-corrected chi connectivity index (χ0v) is 57.7. The molecule has 512 valence electrons. The van der Waals surface area contributed by atoms with Gasteiger partial charge in [0.25, 0.3) is 0 Å². The first kappa shape index (κ1) is 84.5. The standard InChI is InChI=1S/C68H128O17P2/c1-8-12-13-14-15-16-17-18-19-20-21-22-26-35-42-49-65(70)78-55-64(85-68(73)52-45-38-31-29-34-41-48-61(7)11-4)58-83-87(76,77)81-54-62(69)53-80-86(74,75)82-57-63(56-79-66(71)50-43-36-30-28-33-40-47-60(6)10-3)84-67(72)51-44-37-27-24-23-25-32-39-46-59(5)9-2/h16-19,59-64,69H,8-15,20-58H2,1-7H3,(H,74,75)(H,76,77)/b17-16-,19-18-/t59?,60?,61?,62-,63+,64+/m0/s1. The van der Waals surface area contributed by atoms with E-state index in [4.69, 9.17) is 37.0 Å². The van der Waals surface area contributed by atoms with E-state index in [0.717, 1.165) is 127 Å². The van der Waals surface area contributed by atoms with Crippen LogP contribution in [0.2, 0.25) is 0 Å². The molecule has 3 N–H and O–H groups in total. The monoisotopic (exact) mass is 1280 g/mol. The number of carbonyl (C=O) groups is 4. The summed E-state index contributed by atoms with van der Waals surface area (Å²) >= 11 is 0. The maximum absolute atomic E-state index is 13.0. The lowest BCUT2D eigenvalue weighted by Crippen LogP contribution is -2.30. The minimum absolute atomic E-state index is 0.0955. The van der Waals surface area contributed by atoms with E-state index in [1.165, 1.54) is 96.3 Å². The Morgan fingerprint density at radius 1 is 0.368 bits per heavy atom. The van der Waals surface area contributed by atoms with E-state index in [-0.39, 0.29) is 25.7 Å². The fourth-order valence-corrected chi connectivity index (χ4v) is 11.1. The number of hydrogen-bond acceptors (Lipinski definition) is 15. The third-order valence-electron chi connectivity index (χ3n) is 16.1. The maximum Gasteiger partial charge on any atom is 0.472 e. The van der Waals surface area contributed by atoms with Crippen molar-refractivity contribution in [3.8, 4) is 0 Å².